The first kappa shape index (κ1) is 13.4. The van der Waals surface area contributed by atoms with Crippen molar-refractivity contribution >= 4 is 11.4 Å². The molecule has 0 saturated heterocycles. The van der Waals surface area contributed by atoms with E-state index < -0.39 is 0 Å². The number of aromatic nitrogens is 3. The van der Waals surface area contributed by atoms with Crippen LogP contribution in [0.4, 0.5) is 0 Å². The van der Waals surface area contributed by atoms with Gasteiger partial charge >= 0.3 is 0 Å². The van der Waals surface area contributed by atoms with E-state index in [1.54, 1.807) is 30.0 Å². The van der Waals surface area contributed by atoms with Crippen molar-refractivity contribution < 1.29 is 9.90 Å². The number of hydrogen-bond acceptors (Lipinski definition) is 5. The SMILES string of the molecule is CC(O)CNCCNC(=O)c1cnn2ccncc12. The van der Waals surface area contributed by atoms with Gasteiger partial charge in [0.25, 0.3) is 5.91 Å². The van der Waals surface area contributed by atoms with Gasteiger partial charge in [-0.1, -0.05) is 0 Å². The molecule has 2 aromatic rings. The van der Waals surface area contributed by atoms with E-state index in [1.807, 2.05) is 0 Å². The molecule has 0 radical (unpaired) electrons. The molecule has 102 valence electrons. The molecule has 0 aliphatic carbocycles. The van der Waals surface area contributed by atoms with E-state index in [1.165, 1.54) is 6.20 Å². The van der Waals surface area contributed by atoms with Gasteiger partial charge in [0, 0.05) is 32.0 Å². The Balaban J connectivity index is 1.86. The maximum atomic E-state index is 11.9. The van der Waals surface area contributed by atoms with E-state index >= 15 is 0 Å². The van der Waals surface area contributed by atoms with E-state index in [2.05, 4.69) is 20.7 Å². The minimum absolute atomic E-state index is 0.179. The highest BCUT2D eigenvalue weighted by molar-refractivity contribution is 6.00. The number of rotatable bonds is 6. The van der Waals surface area contributed by atoms with Gasteiger partial charge in [0.2, 0.25) is 0 Å². The maximum Gasteiger partial charge on any atom is 0.255 e. The Labute approximate surface area is 110 Å². The highest BCUT2D eigenvalue weighted by Crippen LogP contribution is 2.07. The van der Waals surface area contributed by atoms with E-state index in [-0.39, 0.29) is 12.0 Å². The summed E-state index contributed by atoms with van der Waals surface area (Å²) in [5.74, 6) is -0.179. The van der Waals surface area contributed by atoms with Crippen molar-refractivity contribution in [1.82, 2.24) is 25.2 Å². The normalized spacial score (nSPS) is 12.5. The molecule has 7 heteroatoms. The third-order valence-electron chi connectivity index (χ3n) is 2.60. The van der Waals surface area contributed by atoms with Gasteiger partial charge in [-0.25, -0.2) is 4.52 Å². The van der Waals surface area contributed by atoms with Crippen LogP contribution in [0, 0.1) is 0 Å². The summed E-state index contributed by atoms with van der Waals surface area (Å²) in [6, 6.07) is 0. The standard InChI is InChI=1S/C12H17N5O2/c1-9(18)6-13-2-3-15-12(19)10-7-16-17-5-4-14-8-11(10)17/h4-5,7-9,13,18H,2-3,6H2,1H3,(H,15,19). The van der Waals surface area contributed by atoms with Crippen molar-refractivity contribution in [3.8, 4) is 0 Å². The molecule has 3 N–H and O–H groups in total. The van der Waals surface area contributed by atoms with Crippen LogP contribution in [0.5, 0.6) is 0 Å². The minimum atomic E-state index is -0.388. The van der Waals surface area contributed by atoms with Gasteiger partial charge in [0.1, 0.15) is 0 Å². The quantitative estimate of drug-likeness (QED) is 0.607. The Hall–Kier alpha value is -1.99. The van der Waals surface area contributed by atoms with Crippen molar-refractivity contribution in [3.05, 3.63) is 30.4 Å². The van der Waals surface area contributed by atoms with Crippen LogP contribution in [-0.2, 0) is 0 Å². The second kappa shape index (κ2) is 6.26. The van der Waals surface area contributed by atoms with Crippen molar-refractivity contribution in [1.29, 1.82) is 0 Å². The van der Waals surface area contributed by atoms with Crippen LogP contribution >= 0.6 is 0 Å². The van der Waals surface area contributed by atoms with Gasteiger partial charge in [-0.3, -0.25) is 9.78 Å². The van der Waals surface area contributed by atoms with Gasteiger partial charge in [0.15, 0.2) is 0 Å². The van der Waals surface area contributed by atoms with Crippen molar-refractivity contribution in [2.45, 2.75) is 13.0 Å². The van der Waals surface area contributed by atoms with Crippen LogP contribution in [0.3, 0.4) is 0 Å². The molecule has 2 heterocycles. The molecule has 7 nitrogen and oxygen atoms in total. The number of carbonyl (C=O) groups is 1. The molecular weight excluding hydrogens is 246 g/mol. The zero-order chi connectivity index (χ0) is 13.7. The second-order valence-electron chi connectivity index (χ2n) is 4.27. The number of amides is 1. The number of fused-ring (bicyclic) bond motifs is 1. The van der Waals surface area contributed by atoms with Crippen molar-refractivity contribution in [2.75, 3.05) is 19.6 Å². The average molecular weight is 263 g/mol. The predicted molar refractivity (Wildman–Crippen MR) is 69.9 cm³/mol. The Morgan fingerprint density at radius 1 is 1.47 bits per heavy atom. The van der Waals surface area contributed by atoms with Crippen LogP contribution in [0.1, 0.15) is 17.3 Å². The van der Waals surface area contributed by atoms with Crippen molar-refractivity contribution in [3.63, 3.8) is 0 Å². The average Bonchev–Trinajstić information content (AvgIpc) is 2.81. The molecule has 1 amide bonds. The zero-order valence-electron chi connectivity index (χ0n) is 10.7. The summed E-state index contributed by atoms with van der Waals surface area (Å²) in [6.07, 6.45) is 6.04. The molecule has 2 rings (SSSR count). The largest absolute Gasteiger partial charge is 0.392 e. The summed E-state index contributed by atoms with van der Waals surface area (Å²) in [4.78, 5) is 15.9. The highest BCUT2D eigenvalue weighted by Gasteiger charge is 2.11. The molecule has 2 aromatic heterocycles. The summed E-state index contributed by atoms with van der Waals surface area (Å²) < 4.78 is 1.60. The summed E-state index contributed by atoms with van der Waals surface area (Å²) >= 11 is 0. The number of hydrogen-bond donors (Lipinski definition) is 3. The van der Waals surface area contributed by atoms with Crippen LogP contribution in [0.2, 0.25) is 0 Å². The van der Waals surface area contributed by atoms with Gasteiger partial charge < -0.3 is 15.7 Å². The van der Waals surface area contributed by atoms with E-state index in [0.29, 0.717) is 30.7 Å². The Morgan fingerprint density at radius 3 is 3.11 bits per heavy atom. The lowest BCUT2D eigenvalue weighted by atomic mass is 10.3. The number of aliphatic hydroxyl groups excluding tert-OH is 1. The maximum absolute atomic E-state index is 11.9. The fraction of sp³-hybridized carbons (Fsp3) is 0.417. The first-order valence-corrected chi connectivity index (χ1v) is 6.13. The lowest BCUT2D eigenvalue weighted by Crippen LogP contribution is -2.34. The smallest absolute Gasteiger partial charge is 0.255 e. The number of nitrogens with one attached hydrogen (secondary N) is 2. The topological polar surface area (TPSA) is 91.5 Å². The monoisotopic (exact) mass is 263 g/mol. The van der Waals surface area contributed by atoms with E-state index in [4.69, 9.17) is 5.11 Å². The van der Waals surface area contributed by atoms with Crippen LogP contribution < -0.4 is 10.6 Å². The van der Waals surface area contributed by atoms with Crippen molar-refractivity contribution in [2.24, 2.45) is 0 Å². The second-order valence-corrected chi connectivity index (χ2v) is 4.27. The third-order valence-corrected chi connectivity index (χ3v) is 2.60. The molecule has 0 aliphatic rings. The molecule has 0 aromatic carbocycles. The molecule has 1 atom stereocenters. The molecule has 1 unspecified atom stereocenters. The lowest BCUT2D eigenvalue weighted by Gasteiger charge is -2.07. The van der Waals surface area contributed by atoms with Crippen LogP contribution in [0.25, 0.3) is 5.52 Å². The molecule has 0 bridgehead atoms. The predicted octanol–water partition coefficient (Wildman–Crippen LogP) is -0.570. The third kappa shape index (κ3) is 3.49. The highest BCUT2D eigenvalue weighted by atomic mass is 16.3. The van der Waals surface area contributed by atoms with Gasteiger partial charge in [0.05, 0.1) is 29.6 Å². The number of carbonyl (C=O) groups excluding carboxylic acids is 1. The van der Waals surface area contributed by atoms with E-state index in [9.17, 15) is 4.79 Å². The summed E-state index contributed by atoms with van der Waals surface area (Å²) in [6.45, 7) is 3.31. The zero-order valence-corrected chi connectivity index (χ0v) is 10.7. The van der Waals surface area contributed by atoms with Gasteiger partial charge in [-0.15, -0.1) is 0 Å². The fourth-order valence-corrected chi connectivity index (χ4v) is 1.68. The van der Waals surface area contributed by atoms with Gasteiger partial charge in [-0.05, 0) is 6.92 Å². The summed E-state index contributed by atoms with van der Waals surface area (Å²) in [7, 11) is 0. The summed E-state index contributed by atoms with van der Waals surface area (Å²) in [5.41, 5.74) is 1.18. The van der Waals surface area contributed by atoms with Crippen LogP contribution in [0.15, 0.2) is 24.8 Å². The summed E-state index contributed by atoms with van der Waals surface area (Å²) in [5, 5.41) is 18.9. The lowest BCUT2D eigenvalue weighted by molar-refractivity contribution is 0.0955. The molecular formula is C12H17N5O2. The molecule has 0 spiro atoms. The first-order chi connectivity index (χ1) is 9.18. The molecule has 0 saturated carbocycles. The van der Waals surface area contributed by atoms with Crippen LogP contribution in [-0.4, -0.2) is 51.4 Å². The first-order valence-electron chi connectivity index (χ1n) is 6.13. The van der Waals surface area contributed by atoms with Gasteiger partial charge in [-0.2, -0.15) is 5.10 Å². The molecule has 0 aliphatic heterocycles. The molecule has 19 heavy (non-hydrogen) atoms. The fourth-order valence-electron chi connectivity index (χ4n) is 1.68. The Kier molecular flexibility index (Phi) is 4.43. The molecule has 0 fully saturated rings. The number of nitrogens with zero attached hydrogens (tertiary/aromatic N) is 3. The Morgan fingerprint density at radius 2 is 2.32 bits per heavy atom. The van der Waals surface area contributed by atoms with E-state index in [0.717, 1.165) is 0 Å². The minimum Gasteiger partial charge on any atom is -0.392 e. The number of aliphatic hydroxyl groups is 1. The Bertz CT molecular complexity index is 552.